The summed E-state index contributed by atoms with van der Waals surface area (Å²) in [6, 6.07) is 5.69. The summed E-state index contributed by atoms with van der Waals surface area (Å²) in [7, 11) is -2.01. The molecule has 1 aromatic carbocycles. The second-order valence-electron chi connectivity index (χ2n) is 2.25. The van der Waals surface area contributed by atoms with Crippen LogP contribution in [0.15, 0.2) is 24.3 Å². The van der Waals surface area contributed by atoms with Gasteiger partial charge >= 0.3 is 42.8 Å². The first-order valence-electron chi connectivity index (χ1n) is 3.46. The first-order valence-corrected chi connectivity index (χ1v) is 3.46. The molecular weight excluding hydrogens is 198 g/mol. The molecule has 0 fully saturated rings. The number of carboxylic acid groups (broad SMARTS) is 1. The Morgan fingerprint density at radius 1 is 1.29 bits per heavy atom. The molecule has 1 rings (SSSR count). The molecule has 0 aliphatic heterocycles. The van der Waals surface area contributed by atoms with Crippen LogP contribution in [0.4, 0.5) is 0 Å². The summed E-state index contributed by atoms with van der Waals surface area (Å²) in [6.45, 7) is 0. The maximum absolute atomic E-state index is 10.6. The van der Waals surface area contributed by atoms with Crippen LogP contribution in [0, 0.1) is 0 Å². The third-order valence-corrected chi connectivity index (χ3v) is 1.35. The molecule has 0 radical (unpaired) electrons. The summed E-state index contributed by atoms with van der Waals surface area (Å²) in [5.74, 6) is -1.26. The molecule has 3 N–H and O–H groups in total. The summed E-state index contributed by atoms with van der Waals surface area (Å²) in [5.41, 5.74) is -0.115. The fraction of sp³-hybridized carbons (Fsp3) is 0. The molecule has 0 atom stereocenters. The van der Waals surface area contributed by atoms with Crippen molar-refractivity contribution in [1.29, 1.82) is 0 Å². The standard InChI is InChI=1S/C7H7BO5.Na.H/c9-7(10)5-3-1-2-4-6(5)13-8(11)12;;/h1-4,11-12H,(H,9,10);;. The van der Waals surface area contributed by atoms with E-state index in [9.17, 15) is 4.79 Å². The predicted molar refractivity (Wildman–Crippen MR) is 51.4 cm³/mol. The van der Waals surface area contributed by atoms with Crippen molar-refractivity contribution in [3.63, 3.8) is 0 Å². The Kier molecular flexibility index (Phi) is 5.82. The molecule has 0 aromatic heterocycles. The van der Waals surface area contributed by atoms with Gasteiger partial charge < -0.3 is 19.8 Å². The third kappa shape index (κ3) is 3.69. The monoisotopic (exact) mass is 206 g/mol. The van der Waals surface area contributed by atoms with Crippen LogP contribution in [-0.4, -0.2) is 58.0 Å². The second-order valence-corrected chi connectivity index (χ2v) is 2.25. The van der Waals surface area contributed by atoms with E-state index in [1.807, 2.05) is 0 Å². The van der Waals surface area contributed by atoms with Crippen LogP contribution < -0.4 is 4.65 Å². The zero-order valence-corrected chi connectivity index (χ0v) is 6.54. The number of benzene rings is 1. The van der Waals surface area contributed by atoms with Gasteiger partial charge in [0.2, 0.25) is 0 Å². The van der Waals surface area contributed by atoms with Crippen molar-refractivity contribution in [2.24, 2.45) is 0 Å². The molecule has 5 nitrogen and oxygen atoms in total. The minimum atomic E-state index is -2.01. The van der Waals surface area contributed by atoms with E-state index >= 15 is 0 Å². The molecule has 0 aliphatic carbocycles. The fourth-order valence-corrected chi connectivity index (χ4v) is 0.860. The Balaban J connectivity index is 0.00000169. The van der Waals surface area contributed by atoms with Crippen molar-refractivity contribution in [1.82, 2.24) is 0 Å². The first-order chi connectivity index (χ1) is 6.11. The maximum atomic E-state index is 10.6. The normalized spacial score (nSPS) is 8.71. The van der Waals surface area contributed by atoms with E-state index in [0.717, 1.165) is 0 Å². The average Bonchev–Trinajstić information content (AvgIpc) is 2.03. The molecule has 0 saturated carbocycles. The van der Waals surface area contributed by atoms with E-state index < -0.39 is 13.3 Å². The SMILES string of the molecule is O=C(O)c1ccccc1OB(O)O.[NaH]. The number of hydrogen-bond acceptors (Lipinski definition) is 4. The molecule has 14 heavy (non-hydrogen) atoms. The van der Waals surface area contributed by atoms with Gasteiger partial charge in [-0.3, -0.25) is 0 Å². The fourth-order valence-electron chi connectivity index (χ4n) is 0.860. The number of carbonyl (C=O) groups is 1. The quantitative estimate of drug-likeness (QED) is 0.557. The Morgan fingerprint density at radius 3 is 2.36 bits per heavy atom. The molecule has 70 valence electrons. The average molecular weight is 206 g/mol. The van der Waals surface area contributed by atoms with Gasteiger partial charge in [-0.05, 0) is 12.1 Å². The summed E-state index contributed by atoms with van der Waals surface area (Å²) < 4.78 is 4.44. The van der Waals surface area contributed by atoms with Gasteiger partial charge in [0.05, 0.1) is 5.56 Å². The van der Waals surface area contributed by atoms with Gasteiger partial charge in [0, 0.05) is 0 Å². The van der Waals surface area contributed by atoms with E-state index in [1.54, 1.807) is 0 Å². The zero-order valence-electron chi connectivity index (χ0n) is 6.54. The molecule has 0 aliphatic rings. The van der Waals surface area contributed by atoms with Gasteiger partial charge in [-0.1, -0.05) is 12.1 Å². The first kappa shape index (κ1) is 13.5. The minimum absolute atomic E-state index is 0. The Morgan fingerprint density at radius 2 is 1.86 bits per heavy atom. The van der Waals surface area contributed by atoms with E-state index in [0.29, 0.717) is 0 Å². The number of hydrogen-bond donors (Lipinski definition) is 3. The molecule has 0 unspecified atom stereocenters. The Bertz CT molecular complexity index is 317. The van der Waals surface area contributed by atoms with Crippen molar-refractivity contribution in [3.05, 3.63) is 29.8 Å². The van der Waals surface area contributed by atoms with Crippen molar-refractivity contribution in [2.75, 3.05) is 0 Å². The van der Waals surface area contributed by atoms with Crippen LogP contribution in [0.1, 0.15) is 10.4 Å². The van der Waals surface area contributed by atoms with Crippen molar-refractivity contribution >= 4 is 42.8 Å². The van der Waals surface area contributed by atoms with Gasteiger partial charge in [0.25, 0.3) is 0 Å². The van der Waals surface area contributed by atoms with Crippen LogP contribution in [0.5, 0.6) is 5.75 Å². The molecule has 0 saturated heterocycles. The number of para-hydroxylation sites is 1. The summed E-state index contributed by atoms with van der Waals surface area (Å²) >= 11 is 0. The van der Waals surface area contributed by atoms with Gasteiger partial charge in [-0.15, -0.1) is 0 Å². The number of aromatic carboxylic acids is 1. The Hall–Kier alpha value is -0.525. The predicted octanol–water partition coefficient (Wildman–Crippen LogP) is -0.915. The van der Waals surface area contributed by atoms with Crippen LogP contribution in [0.25, 0.3) is 0 Å². The Labute approximate surface area is 103 Å². The summed E-state index contributed by atoms with van der Waals surface area (Å²) in [4.78, 5) is 10.6. The molecule has 1 aromatic rings. The van der Waals surface area contributed by atoms with Crippen molar-refractivity contribution < 1.29 is 24.6 Å². The number of carboxylic acids is 1. The molecule has 0 spiro atoms. The van der Waals surface area contributed by atoms with Crippen LogP contribution in [0.2, 0.25) is 0 Å². The van der Waals surface area contributed by atoms with Crippen molar-refractivity contribution in [3.8, 4) is 5.75 Å². The van der Waals surface area contributed by atoms with Gasteiger partial charge in [-0.2, -0.15) is 0 Å². The summed E-state index contributed by atoms with van der Waals surface area (Å²) in [5, 5.41) is 25.5. The van der Waals surface area contributed by atoms with Crippen LogP contribution in [-0.2, 0) is 0 Å². The van der Waals surface area contributed by atoms with E-state index in [2.05, 4.69) is 4.65 Å². The molecule has 7 heteroatoms. The topological polar surface area (TPSA) is 87.0 Å². The molecular formula is C7H8BNaO5. The zero-order chi connectivity index (χ0) is 9.84. The van der Waals surface area contributed by atoms with Crippen LogP contribution in [0.3, 0.4) is 0 Å². The van der Waals surface area contributed by atoms with E-state index in [4.69, 9.17) is 15.2 Å². The molecule has 0 heterocycles. The van der Waals surface area contributed by atoms with Gasteiger partial charge in [-0.25, -0.2) is 4.79 Å². The van der Waals surface area contributed by atoms with Crippen LogP contribution >= 0.6 is 0 Å². The summed E-state index contributed by atoms with van der Waals surface area (Å²) in [6.07, 6.45) is 0. The third-order valence-electron chi connectivity index (χ3n) is 1.35. The van der Waals surface area contributed by atoms with Crippen molar-refractivity contribution in [2.45, 2.75) is 0 Å². The van der Waals surface area contributed by atoms with E-state index in [-0.39, 0.29) is 40.9 Å². The van der Waals surface area contributed by atoms with E-state index in [1.165, 1.54) is 24.3 Å². The van der Waals surface area contributed by atoms with Gasteiger partial charge in [0.1, 0.15) is 5.75 Å². The van der Waals surface area contributed by atoms with Gasteiger partial charge in [0.15, 0.2) is 0 Å². The number of rotatable bonds is 3. The molecule has 0 amide bonds. The second kappa shape index (κ2) is 6.05. The molecule has 0 bridgehead atoms.